The number of nitrogens with one attached hydrogen (secondary N) is 1. The molecule has 0 aromatic rings. The summed E-state index contributed by atoms with van der Waals surface area (Å²) in [6.45, 7) is 2.24. The average Bonchev–Trinajstić information content (AvgIpc) is 2.54. The van der Waals surface area contributed by atoms with E-state index in [1.54, 1.807) is 6.92 Å². The van der Waals surface area contributed by atoms with Crippen LogP contribution in [0.15, 0.2) is 12.2 Å². The van der Waals surface area contributed by atoms with Crippen LogP contribution in [0.2, 0.25) is 0 Å². The monoisotopic (exact) mass is 229 g/mol. The summed E-state index contributed by atoms with van der Waals surface area (Å²) in [5.74, 6) is -1.73. The van der Waals surface area contributed by atoms with Crippen LogP contribution in [0, 0.1) is 0 Å². The fourth-order valence-corrected chi connectivity index (χ4v) is 1.45. The van der Waals surface area contributed by atoms with Crippen LogP contribution in [0.5, 0.6) is 0 Å². The number of carbonyl (C=O) groups excluding carboxylic acids is 1. The maximum Gasteiger partial charge on any atom is 0.328 e. The molecular formula is C10H15NO5. The Hall–Kier alpha value is -1.40. The van der Waals surface area contributed by atoms with E-state index in [2.05, 4.69) is 5.32 Å². The number of carboxylic acid groups (broad SMARTS) is 1. The van der Waals surface area contributed by atoms with Crippen molar-refractivity contribution in [2.45, 2.75) is 25.0 Å². The van der Waals surface area contributed by atoms with Gasteiger partial charge in [-0.25, -0.2) is 4.79 Å². The number of hydrogen-bond donors (Lipinski definition) is 3. The number of hydrogen-bond acceptors (Lipinski definition) is 4. The molecule has 0 aliphatic carbocycles. The van der Waals surface area contributed by atoms with Crippen molar-refractivity contribution in [3.8, 4) is 0 Å². The molecule has 0 saturated carbocycles. The minimum atomic E-state index is -1.19. The summed E-state index contributed by atoms with van der Waals surface area (Å²) in [7, 11) is 0. The summed E-state index contributed by atoms with van der Waals surface area (Å²) in [6.07, 6.45) is 1.77. The van der Waals surface area contributed by atoms with E-state index in [9.17, 15) is 14.7 Å². The molecule has 1 rings (SSSR count). The van der Waals surface area contributed by atoms with Crippen molar-refractivity contribution < 1.29 is 24.5 Å². The Morgan fingerprint density at radius 1 is 1.56 bits per heavy atom. The molecule has 0 spiro atoms. The van der Waals surface area contributed by atoms with Crippen molar-refractivity contribution in [2.75, 3.05) is 13.2 Å². The molecule has 16 heavy (non-hydrogen) atoms. The van der Waals surface area contributed by atoms with Gasteiger partial charge in [-0.1, -0.05) is 0 Å². The Bertz CT molecular complexity index is 314. The number of carboxylic acids is 1. The largest absolute Gasteiger partial charge is 0.478 e. The average molecular weight is 229 g/mol. The predicted molar refractivity (Wildman–Crippen MR) is 54.8 cm³/mol. The van der Waals surface area contributed by atoms with E-state index < -0.39 is 17.5 Å². The molecule has 90 valence electrons. The van der Waals surface area contributed by atoms with E-state index in [1.807, 2.05) is 0 Å². The highest BCUT2D eigenvalue weighted by atomic mass is 16.5. The lowest BCUT2D eigenvalue weighted by atomic mass is 9.97. The van der Waals surface area contributed by atoms with E-state index in [-0.39, 0.29) is 12.6 Å². The summed E-state index contributed by atoms with van der Waals surface area (Å²) in [4.78, 5) is 21.3. The molecule has 0 aromatic heterocycles. The highest BCUT2D eigenvalue weighted by Crippen LogP contribution is 2.24. The Morgan fingerprint density at radius 3 is 2.75 bits per heavy atom. The van der Waals surface area contributed by atoms with E-state index in [0.29, 0.717) is 13.0 Å². The van der Waals surface area contributed by atoms with Gasteiger partial charge in [-0.3, -0.25) is 4.79 Å². The van der Waals surface area contributed by atoms with Crippen molar-refractivity contribution in [3.63, 3.8) is 0 Å². The lowest BCUT2D eigenvalue weighted by Crippen LogP contribution is -2.47. The zero-order chi connectivity index (χ0) is 12.2. The van der Waals surface area contributed by atoms with E-state index in [0.717, 1.165) is 12.2 Å². The van der Waals surface area contributed by atoms with Crippen molar-refractivity contribution in [1.29, 1.82) is 0 Å². The quantitative estimate of drug-likeness (QED) is 0.553. The predicted octanol–water partition coefficient (Wildman–Crippen LogP) is -0.717. The first-order chi connectivity index (χ1) is 7.44. The summed E-state index contributed by atoms with van der Waals surface area (Å²) in [5.41, 5.74) is -1.06. The number of aliphatic carboxylic acids is 1. The summed E-state index contributed by atoms with van der Waals surface area (Å²) >= 11 is 0. The lowest BCUT2D eigenvalue weighted by molar-refractivity contribution is -0.131. The zero-order valence-corrected chi connectivity index (χ0v) is 8.97. The molecule has 2 atom stereocenters. The summed E-state index contributed by atoms with van der Waals surface area (Å²) < 4.78 is 5.19. The fourth-order valence-electron chi connectivity index (χ4n) is 1.45. The van der Waals surface area contributed by atoms with Crippen molar-refractivity contribution in [1.82, 2.24) is 5.32 Å². The van der Waals surface area contributed by atoms with Gasteiger partial charge >= 0.3 is 5.97 Å². The summed E-state index contributed by atoms with van der Waals surface area (Å²) in [6, 6.07) is 0. The Labute approximate surface area is 92.9 Å². The molecule has 6 nitrogen and oxygen atoms in total. The molecule has 1 fully saturated rings. The van der Waals surface area contributed by atoms with Crippen LogP contribution in [-0.4, -0.2) is 46.9 Å². The Morgan fingerprint density at radius 2 is 2.25 bits per heavy atom. The molecule has 1 heterocycles. The highest BCUT2D eigenvalue weighted by molar-refractivity contribution is 5.93. The van der Waals surface area contributed by atoms with Crippen LogP contribution in [-0.2, 0) is 14.3 Å². The maximum absolute atomic E-state index is 11.1. The maximum atomic E-state index is 11.1. The van der Waals surface area contributed by atoms with E-state index in [4.69, 9.17) is 9.84 Å². The minimum absolute atomic E-state index is 0.0525. The molecule has 6 heteroatoms. The molecule has 1 aliphatic rings. The van der Waals surface area contributed by atoms with Gasteiger partial charge in [0, 0.05) is 31.7 Å². The second-order valence-electron chi connectivity index (χ2n) is 3.76. The van der Waals surface area contributed by atoms with E-state index >= 15 is 0 Å². The van der Waals surface area contributed by atoms with Gasteiger partial charge < -0.3 is 20.3 Å². The molecule has 0 aromatic carbocycles. The Balaban J connectivity index is 2.39. The molecule has 1 amide bonds. The number of rotatable bonds is 4. The van der Waals surface area contributed by atoms with Crippen LogP contribution in [0.25, 0.3) is 0 Å². The first-order valence-electron chi connectivity index (χ1n) is 4.97. The van der Waals surface area contributed by atoms with Gasteiger partial charge in [0.15, 0.2) is 0 Å². The van der Waals surface area contributed by atoms with Crippen LogP contribution >= 0.6 is 0 Å². The lowest BCUT2D eigenvalue weighted by Gasteiger charge is -2.25. The van der Waals surface area contributed by atoms with Gasteiger partial charge in [0.2, 0.25) is 5.91 Å². The van der Waals surface area contributed by atoms with Crippen LogP contribution in [0.1, 0.15) is 13.3 Å². The van der Waals surface area contributed by atoms with Crippen LogP contribution in [0.3, 0.4) is 0 Å². The second kappa shape index (κ2) is 5.09. The second-order valence-corrected chi connectivity index (χ2v) is 3.76. The number of carbonyl (C=O) groups is 2. The highest BCUT2D eigenvalue weighted by Gasteiger charge is 2.39. The molecule has 0 radical (unpaired) electrons. The fraction of sp³-hybridized carbons (Fsp3) is 0.600. The smallest absolute Gasteiger partial charge is 0.328 e. The summed E-state index contributed by atoms with van der Waals surface area (Å²) in [5, 5.41) is 20.7. The molecule has 2 unspecified atom stereocenters. The van der Waals surface area contributed by atoms with Gasteiger partial charge in [0.25, 0.3) is 0 Å². The van der Waals surface area contributed by atoms with Gasteiger partial charge in [-0.05, 0) is 6.92 Å². The minimum Gasteiger partial charge on any atom is -0.478 e. The van der Waals surface area contributed by atoms with Crippen molar-refractivity contribution in [3.05, 3.63) is 12.2 Å². The van der Waals surface area contributed by atoms with Gasteiger partial charge in [-0.2, -0.15) is 0 Å². The molecule has 3 N–H and O–H groups in total. The topological polar surface area (TPSA) is 95.9 Å². The third-order valence-electron chi connectivity index (χ3n) is 2.61. The number of amides is 1. The van der Waals surface area contributed by atoms with Crippen LogP contribution < -0.4 is 5.32 Å². The first-order valence-corrected chi connectivity index (χ1v) is 4.97. The third-order valence-corrected chi connectivity index (χ3v) is 2.61. The first kappa shape index (κ1) is 12.7. The van der Waals surface area contributed by atoms with Crippen LogP contribution in [0.4, 0.5) is 0 Å². The van der Waals surface area contributed by atoms with E-state index in [1.165, 1.54) is 0 Å². The SMILES string of the molecule is CC1OCCC1(O)CNC(=O)/C=C/C(=O)O. The van der Waals surface area contributed by atoms with Crippen molar-refractivity contribution in [2.24, 2.45) is 0 Å². The van der Waals surface area contributed by atoms with Gasteiger partial charge in [0.1, 0.15) is 5.60 Å². The standard InChI is InChI=1S/C10H15NO5/c1-7-10(15,4-5-16-7)6-11-8(12)2-3-9(13)14/h2-3,7,15H,4-6H2,1H3,(H,11,12)(H,13,14)/b3-2+. The molecule has 0 bridgehead atoms. The third kappa shape index (κ3) is 3.32. The van der Waals surface area contributed by atoms with Gasteiger partial charge in [0.05, 0.1) is 6.10 Å². The normalized spacial score (nSPS) is 29.5. The van der Waals surface area contributed by atoms with Gasteiger partial charge in [-0.15, -0.1) is 0 Å². The van der Waals surface area contributed by atoms with Crippen molar-refractivity contribution >= 4 is 11.9 Å². The molecule has 1 aliphatic heterocycles. The number of aliphatic hydroxyl groups is 1. The molecule has 1 saturated heterocycles. The zero-order valence-electron chi connectivity index (χ0n) is 8.97. The Kier molecular flexibility index (Phi) is 4.03. The number of ether oxygens (including phenoxy) is 1. The molecular weight excluding hydrogens is 214 g/mol.